The van der Waals surface area contributed by atoms with Crippen molar-refractivity contribution in [3.8, 4) is 12.0 Å². The molecule has 2 aromatic carbocycles. The molecule has 6 nitrogen and oxygen atoms in total. The highest BCUT2D eigenvalue weighted by Gasteiger charge is 2.12. The van der Waals surface area contributed by atoms with E-state index in [-0.39, 0.29) is 24.2 Å². The molecule has 0 saturated carbocycles. The van der Waals surface area contributed by atoms with Crippen molar-refractivity contribution in [2.75, 3.05) is 11.5 Å². The van der Waals surface area contributed by atoms with Crippen molar-refractivity contribution < 1.29 is 9.47 Å². The average Bonchev–Trinajstić information content (AvgIpc) is 2.89. The molecule has 0 saturated heterocycles. The molecule has 1 aromatic heterocycles. The minimum Gasteiger partial charge on any atom is -0.462 e. The van der Waals surface area contributed by atoms with E-state index in [1.807, 2.05) is 49.5 Å². The van der Waals surface area contributed by atoms with Gasteiger partial charge in [0.25, 0.3) is 0 Å². The fourth-order valence-electron chi connectivity index (χ4n) is 3.74. The molecule has 8 heteroatoms. The first kappa shape index (κ1) is 29.1. The molecular weight excluding hydrogens is 502 g/mol. The molecule has 37 heavy (non-hydrogen) atoms. The molecule has 0 aliphatic rings. The van der Waals surface area contributed by atoms with Gasteiger partial charge < -0.3 is 9.47 Å². The van der Waals surface area contributed by atoms with Gasteiger partial charge >= 0.3 is 17.7 Å². The highest BCUT2D eigenvalue weighted by molar-refractivity contribution is 7.98. The summed E-state index contributed by atoms with van der Waals surface area (Å²) >= 11 is 3.90. The van der Waals surface area contributed by atoms with Crippen molar-refractivity contribution >= 4 is 23.5 Å². The quantitative estimate of drug-likeness (QED) is 0.175. The molecule has 0 fully saturated rings. The Hall–Kier alpha value is -2.45. The van der Waals surface area contributed by atoms with Crippen LogP contribution in [0.1, 0.15) is 63.5 Å². The van der Waals surface area contributed by atoms with E-state index in [4.69, 9.17) is 9.47 Å². The number of aromatic amines is 1. The summed E-state index contributed by atoms with van der Waals surface area (Å²) in [5, 5.41) is 0. The van der Waals surface area contributed by atoms with Crippen LogP contribution in [0.2, 0.25) is 0 Å². The first-order valence-corrected chi connectivity index (χ1v) is 15.4. The molecule has 3 rings (SSSR count). The zero-order chi connectivity index (χ0) is 26.1. The van der Waals surface area contributed by atoms with Crippen molar-refractivity contribution in [1.82, 2.24) is 15.0 Å². The molecule has 3 aromatic rings. The van der Waals surface area contributed by atoms with Gasteiger partial charge in [0.2, 0.25) is 0 Å². The number of unbranched alkanes of at least 4 members (excludes halogenated alkanes) is 2. The molecule has 0 amide bonds. The zero-order valence-electron chi connectivity index (χ0n) is 21.9. The zero-order valence-corrected chi connectivity index (χ0v) is 23.6. The molecule has 2 unspecified atom stereocenters. The van der Waals surface area contributed by atoms with E-state index in [0.29, 0.717) is 0 Å². The fraction of sp³-hybridized carbons (Fsp3) is 0.483. The van der Waals surface area contributed by atoms with Gasteiger partial charge in [0.05, 0.1) is 12.2 Å². The topological polar surface area (TPSA) is 77.1 Å². The molecule has 2 atom stereocenters. The molecule has 0 aliphatic heterocycles. The maximum Gasteiger partial charge on any atom is 0.353 e. The largest absolute Gasteiger partial charge is 0.462 e. The third-order valence-corrected chi connectivity index (χ3v) is 7.98. The first-order valence-electron chi connectivity index (χ1n) is 13.1. The Bertz CT molecular complexity index is 986. The number of aromatic nitrogens is 3. The van der Waals surface area contributed by atoms with Crippen LogP contribution in [0.25, 0.3) is 0 Å². The number of H-pyrrole nitrogens is 1. The second-order valence-corrected chi connectivity index (χ2v) is 11.4. The van der Waals surface area contributed by atoms with Gasteiger partial charge in [-0.05, 0) is 75.0 Å². The molecule has 0 bridgehead atoms. The van der Waals surface area contributed by atoms with Gasteiger partial charge in [-0.1, -0.05) is 60.7 Å². The molecule has 1 N–H and O–H groups in total. The van der Waals surface area contributed by atoms with Gasteiger partial charge in [-0.3, -0.25) is 4.98 Å². The Morgan fingerprint density at radius 1 is 0.730 bits per heavy atom. The monoisotopic (exact) mass is 541 g/mol. The summed E-state index contributed by atoms with van der Waals surface area (Å²) in [6, 6.07) is 21.3. The van der Waals surface area contributed by atoms with Crippen LogP contribution in [0.5, 0.6) is 12.0 Å². The van der Waals surface area contributed by atoms with Gasteiger partial charge in [0.1, 0.15) is 0 Å². The van der Waals surface area contributed by atoms with Crippen LogP contribution in [-0.4, -0.2) is 38.7 Å². The average molecular weight is 542 g/mol. The summed E-state index contributed by atoms with van der Waals surface area (Å²) in [6.07, 6.45) is 6.02. The number of benzene rings is 2. The van der Waals surface area contributed by atoms with Gasteiger partial charge in [-0.15, -0.1) is 9.97 Å². The minimum absolute atomic E-state index is 0.0525. The number of nitrogens with zero attached hydrogens (tertiary/aromatic N) is 2. The second kappa shape index (κ2) is 17.1. The van der Waals surface area contributed by atoms with E-state index in [1.165, 1.54) is 11.1 Å². The van der Waals surface area contributed by atoms with Crippen LogP contribution in [0, 0.1) is 0 Å². The lowest BCUT2D eigenvalue weighted by atomic mass is 10.2. The molecular formula is C29H39N3O3S2. The minimum atomic E-state index is -0.506. The summed E-state index contributed by atoms with van der Waals surface area (Å²) in [5.41, 5.74) is 2.22. The van der Waals surface area contributed by atoms with E-state index in [0.717, 1.165) is 61.5 Å². The molecule has 0 aliphatic carbocycles. The van der Waals surface area contributed by atoms with Gasteiger partial charge in [-0.25, -0.2) is 4.79 Å². The standard InChI is InChI=1S/C29H39N3O3S2/c1-23(13-9-11-19-36-21-25-15-5-3-6-16-25)34-28-30-27(33)31-29(32-28)35-24(2)14-10-12-20-37-22-26-17-7-4-8-18-26/h3-8,15-18,23-24H,9-14,19-22H2,1-2H3,(H,30,31,32,33). The summed E-state index contributed by atoms with van der Waals surface area (Å²) in [4.78, 5) is 22.7. The van der Waals surface area contributed by atoms with E-state index in [2.05, 4.69) is 63.5 Å². The Morgan fingerprint density at radius 3 is 1.78 bits per heavy atom. The summed E-state index contributed by atoms with van der Waals surface area (Å²) in [7, 11) is 0. The van der Waals surface area contributed by atoms with Crippen LogP contribution < -0.4 is 15.2 Å². The molecule has 0 spiro atoms. The Balaban J connectivity index is 1.28. The van der Waals surface area contributed by atoms with Gasteiger partial charge in [-0.2, -0.15) is 23.5 Å². The smallest absolute Gasteiger partial charge is 0.353 e. The van der Waals surface area contributed by atoms with E-state index < -0.39 is 5.69 Å². The molecule has 0 radical (unpaired) electrons. The van der Waals surface area contributed by atoms with Crippen LogP contribution in [0.15, 0.2) is 65.5 Å². The highest BCUT2D eigenvalue weighted by Crippen LogP contribution is 2.17. The van der Waals surface area contributed by atoms with E-state index in [1.54, 1.807) is 0 Å². The van der Waals surface area contributed by atoms with Crippen molar-refractivity contribution in [1.29, 1.82) is 0 Å². The van der Waals surface area contributed by atoms with E-state index in [9.17, 15) is 4.79 Å². The number of nitrogens with one attached hydrogen (secondary N) is 1. The van der Waals surface area contributed by atoms with Crippen molar-refractivity contribution in [2.45, 2.75) is 76.1 Å². The second-order valence-electron chi connectivity index (χ2n) is 9.17. The predicted octanol–water partition coefficient (Wildman–Crippen LogP) is 6.91. The molecule has 200 valence electrons. The number of thioether (sulfide) groups is 2. The first-order chi connectivity index (χ1) is 18.1. The lowest BCUT2D eigenvalue weighted by Crippen LogP contribution is -2.22. The van der Waals surface area contributed by atoms with E-state index >= 15 is 0 Å². The maximum atomic E-state index is 12.0. The lowest BCUT2D eigenvalue weighted by Gasteiger charge is -2.15. The predicted molar refractivity (Wildman–Crippen MR) is 156 cm³/mol. The summed E-state index contributed by atoms with van der Waals surface area (Å²) in [5.74, 6) is 4.32. The Kier molecular flexibility index (Phi) is 13.5. The van der Waals surface area contributed by atoms with Crippen LogP contribution in [-0.2, 0) is 11.5 Å². The van der Waals surface area contributed by atoms with Crippen molar-refractivity contribution in [3.05, 3.63) is 82.3 Å². The summed E-state index contributed by atoms with van der Waals surface area (Å²) < 4.78 is 11.7. The van der Waals surface area contributed by atoms with Gasteiger partial charge in [0, 0.05) is 11.5 Å². The summed E-state index contributed by atoms with van der Waals surface area (Å²) in [6.45, 7) is 3.98. The number of ether oxygens (including phenoxy) is 2. The third kappa shape index (κ3) is 12.6. The number of rotatable bonds is 18. The number of hydrogen-bond donors (Lipinski definition) is 1. The number of hydrogen-bond acceptors (Lipinski definition) is 7. The van der Waals surface area contributed by atoms with Gasteiger partial charge in [0.15, 0.2) is 0 Å². The van der Waals surface area contributed by atoms with Crippen LogP contribution >= 0.6 is 23.5 Å². The highest BCUT2D eigenvalue weighted by atomic mass is 32.2. The SMILES string of the molecule is CC(CCCCSCc1ccccc1)Oc1nc(OC(C)CCCCSCc2ccccc2)[nH]c(=O)n1. The third-order valence-electron chi connectivity index (χ3n) is 5.75. The normalized spacial score (nSPS) is 12.7. The maximum absolute atomic E-state index is 12.0. The molecule has 1 heterocycles. The van der Waals surface area contributed by atoms with Crippen molar-refractivity contribution in [2.24, 2.45) is 0 Å². The fourth-order valence-corrected chi connectivity index (χ4v) is 5.70. The Morgan fingerprint density at radius 2 is 1.24 bits per heavy atom. The lowest BCUT2D eigenvalue weighted by molar-refractivity contribution is 0.167. The van der Waals surface area contributed by atoms with Crippen molar-refractivity contribution in [3.63, 3.8) is 0 Å². The van der Waals surface area contributed by atoms with Crippen LogP contribution in [0.4, 0.5) is 0 Å². The van der Waals surface area contributed by atoms with Crippen LogP contribution in [0.3, 0.4) is 0 Å². The Labute approximate surface area is 229 Å².